The van der Waals surface area contributed by atoms with Gasteiger partial charge in [-0.15, -0.1) is 11.3 Å². The average Bonchev–Trinajstić information content (AvgIpc) is 3.67. The molecule has 7 nitrogen and oxygen atoms in total. The van der Waals surface area contributed by atoms with Gasteiger partial charge < -0.3 is 23.8 Å². The van der Waals surface area contributed by atoms with Crippen molar-refractivity contribution in [1.82, 2.24) is 14.4 Å². The maximum Gasteiger partial charge on any atom is 0.264 e. The van der Waals surface area contributed by atoms with Gasteiger partial charge in [-0.3, -0.25) is 9.59 Å². The van der Waals surface area contributed by atoms with Crippen LogP contribution >= 0.6 is 11.3 Å². The normalized spacial score (nSPS) is 10.8. The molecule has 40 heavy (non-hydrogen) atoms. The molecule has 2 amide bonds. The summed E-state index contributed by atoms with van der Waals surface area (Å²) in [5.41, 5.74) is 3.16. The molecule has 4 aromatic rings. The zero-order valence-electron chi connectivity index (χ0n) is 23.2. The van der Waals surface area contributed by atoms with Crippen molar-refractivity contribution in [1.29, 1.82) is 0 Å². The Kier molecular flexibility index (Phi) is 11.0. The summed E-state index contributed by atoms with van der Waals surface area (Å²) in [6, 6.07) is 25.7. The summed E-state index contributed by atoms with van der Waals surface area (Å²) in [4.78, 5) is 31.3. The predicted molar refractivity (Wildman–Crippen MR) is 159 cm³/mol. The Morgan fingerprint density at radius 3 is 2.48 bits per heavy atom. The van der Waals surface area contributed by atoms with Crippen LogP contribution in [0.3, 0.4) is 0 Å². The van der Waals surface area contributed by atoms with Crippen LogP contribution in [0.2, 0.25) is 0 Å². The molecule has 0 aliphatic heterocycles. The molecule has 0 fully saturated rings. The minimum Gasteiger partial charge on any atom is -0.497 e. The highest BCUT2D eigenvalue weighted by Crippen LogP contribution is 2.18. The molecular formula is C32H37N3O4S. The minimum absolute atomic E-state index is 0.00623. The van der Waals surface area contributed by atoms with E-state index in [2.05, 4.69) is 10.6 Å². The molecule has 0 aliphatic rings. The van der Waals surface area contributed by atoms with Crippen LogP contribution in [-0.4, -0.2) is 59.6 Å². The molecule has 0 unspecified atom stereocenters. The fraction of sp³-hybridized carbons (Fsp3) is 0.312. The van der Waals surface area contributed by atoms with Crippen molar-refractivity contribution in [3.8, 4) is 5.75 Å². The molecule has 0 atom stereocenters. The van der Waals surface area contributed by atoms with E-state index in [0.29, 0.717) is 50.7 Å². The molecule has 0 bridgehead atoms. The highest BCUT2D eigenvalue weighted by Gasteiger charge is 2.24. The number of amides is 2. The lowest BCUT2D eigenvalue weighted by Gasteiger charge is -2.28. The first-order chi connectivity index (χ1) is 19.6. The molecule has 2 heterocycles. The number of hydrogen-bond acceptors (Lipinski definition) is 5. The van der Waals surface area contributed by atoms with E-state index in [0.717, 1.165) is 22.6 Å². The monoisotopic (exact) mass is 559 g/mol. The summed E-state index contributed by atoms with van der Waals surface area (Å²) in [5.74, 6) is 0.590. The predicted octanol–water partition coefficient (Wildman–Crippen LogP) is 5.70. The van der Waals surface area contributed by atoms with Crippen molar-refractivity contribution in [3.05, 3.63) is 112 Å². The number of carbonyl (C=O) groups is 2. The zero-order valence-corrected chi connectivity index (χ0v) is 24.0. The Hall–Kier alpha value is -3.88. The largest absolute Gasteiger partial charge is 0.497 e. The van der Waals surface area contributed by atoms with Crippen molar-refractivity contribution in [2.24, 2.45) is 0 Å². The Balaban J connectivity index is 1.54. The van der Waals surface area contributed by atoms with Crippen molar-refractivity contribution >= 4 is 23.2 Å². The van der Waals surface area contributed by atoms with Gasteiger partial charge in [-0.25, -0.2) is 0 Å². The number of carbonyl (C=O) groups excluding carboxylic acids is 2. The number of benzene rings is 2. The standard InChI is InChI=1S/C32H37N3O4S/c1-3-39-19-10-18-34(32(37)30-16-9-20-40-30)25-31(36)35(22-26-11-5-4-6-12-26)24-28-14-8-17-33(28)23-27-13-7-15-29(21-27)38-2/h4-9,11-17,20-21H,3,10,18-19,22-25H2,1-2H3. The van der Waals surface area contributed by atoms with Crippen molar-refractivity contribution < 1.29 is 19.1 Å². The van der Waals surface area contributed by atoms with Gasteiger partial charge in [0.15, 0.2) is 0 Å². The van der Waals surface area contributed by atoms with E-state index in [4.69, 9.17) is 9.47 Å². The Morgan fingerprint density at radius 2 is 1.73 bits per heavy atom. The minimum atomic E-state index is -0.124. The third-order valence-electron chi connectivity index (χ3n) is 6.60. The second-order valence-electron chi connectivity index (χ2n) is 9.47. The summed E-state index contributed by atoms with van der Waals surface area (Å²) in [6.45, 7) is 5.11. The van der Waals surface area contributed by atoms with E-state index in [-0.39, 0.29) is 18.4 Å². The van der Waals surface area contributed by atoms with Gasteiger partial charge in [0.2, 0.25) is 5.91 Å². The molecule has 2 aromatic heterocycles. The van der Waals surface area contributed by atoms with Crippen molar-refractivity contribution in [2.45, 2.75) is 33.0 Å². The van der Waals surface area contributed by atoms with E-state index < -0.39 is 0 Å². The second-order valence-corrected chi connectivity index (χ2v) is 10.4. The third kappa shape index (κ3) is 8.31. The van der Waals surface area contributed by atoms with Gasteiger partial charge in [0, 0.05) is 44.7 Å². The lowest BCUT2D eigenvalue weighted by molar-refractivity contribution is -0.133. The van der Waals surface area contributed by atoms with E-state index in [1.54, 1.807) is 18.1 Å². The van der Waals surface area contributed by atoms with Crippen LogP contribution in [0.1, 0.15) is 39.8 Å². The SMILES string of the molecule is CCOCCCN(CC(=O)N(Cc1ccccc1)Cc1cccn1Cc1cccc(OC)c1)C(=O)c1cccs1. The van der Waals surface area contributed by atoms with Crippen LogP contribution in [0, 0.1) is 0 Å². The maximum atomic E-state index is 13.9. The van der Waals surface area contributed by atoms with E-state index >= 15 is 0 Å². The van der Waals surface area contributed by atoms with E-state index in [1.807, 2.05) is 90.1 Å². The van der Waals surface area contributed by atoms with E-state index in [1.165, 1.54) is 11.3 Å². The van der Waals surface area contributed by atoms with Gasteiger partial charge in [-0.1, -0.05) is 48.5 Å². The number of ether oxygens (including phenoxy) is 2. The molecular weight excluding hydrogens is 522 g/mol. The maximum absolute atomic E-state index is 13.9. The number of thiophene rings is 1. The van der Waals surface area contributed by atoms with Crippen molar-refractivity contribution in [2.75, 3.05) is 33.4 Å². The first kappa shape index (κ1) is 29.1. The lowest BCUT2D eigenvalue weighted by Crippen LogP contribution is -2.43. The molecule has 0 aliphatic carbocycles. The molecule has 4 rings (SSSR count). The van der Waals surface area contributed by atoms with Crippen LogP contribution in [0.5, 0.6) is 5.75 Å². The third-order valence-corrected chi connectivity index (χ3v) is 7.46. The van der Waals surface area contributed by atoms with E-state index in [9.17, 15) is 9.59 Å². The summed E-state index contributed by atoms with van der Waals surface area (Å²) < 4.78 is 13.0. The van der Waals surface area contributed by atoms with Crippen LogP contribution in [0.4, 0.5) is 0 Å². The molecule has 0 saturated heterocycles. The molecule has 0 spiro atoms. The Morgan fingerprint density at radius 1 is 0.900 bits per heavy atom. The lowest BCUT2D eigenvalue weighted by atomic mass is 10.2. The van der Waals surface area contributed by atoms with Crippen LogP contribution in [0.25, 0.3) is 0 Å². The highest BCUT2D eigenvalue weighted by atomic mass is 32.1. The van der Waals surface area contributed by atoms with Gasteiger partial charge in [0.05, 0.1) is 18.5 Å². The van der Waals surface area contributed by atoms with Gasteiger partial charge in [-0.05, 0) is 60.2 Å². The van der Waals surface area contributed by atoms with Gasteiger partial charge in [-0.2, -0.15) is 0 Å². The average molecular weight is 560 g/mol. The Bertz CT molecular complexity index is 1340. The summed E-state index contributed by atoms with van der Waals surface area (Å²) in [7, 11) is 1.66. The molecule has 2 aromatic carbocycles. The molecule has 210 valence electrons. The second kappa shape index (κ2) is 15.1. The number of nitrogens with zero attached hydrogens (tertiary/aromatic N) is 3. The summed E-state index contributed by atoms with van der Waals surface area (Å²) >= 11 is 1.39. The molecule has 8 heteroatoms. The number of hydrogen-bond donors (Lipinski definition) is 0. The highest BCUT2D eigenvalue weighted by molar-refractivity contribution is 7.12. The molecule has 0 N–H and O–H groups in total. The van der Waals surface area contributed by atoms with Gasteiger partial charge in [0.1, 0.15) is 12.3 Å². The zero-order chi connectivity index (χ0) is 28.2. The molecule has 0 radical (unpaired) electrons. The quantitative estimate of drug-likeness (QED) is 0.175. The summed E-state index contributed by atoms with van der Waals surface area (Å²) in [6.07, 6.45) is 2.70. The van der Waals surface area contributed by atoms with Gasteiger partial charge in [0.25, 0.3) is 5.91 Å². The number of rotatable bonds is 15. The number of methoxy groups -OCH3 is 1. The number of aromatic nitrogens is 1. The topological polar surface area (TPSA) is 64.0 Å². The fourth-order valence-electron chi connectivity index (χ4n) is 4.52. The fourth-order valence-corrected chi connectivity index (χ4v) is 5.21. The van der Waals surface area contributed by atoms with Crippen LogP contribution < -0.4 is 4.74 Å². The van der Waals surface area contributed by atoms with Crippen molar-refractivity contribution in [3.63, 3.8) is 0 Å². The Labute approximate surface area is 240 Å². The molecule has 0 saturated carbocycles. The van der Waals surface area contributed by atoms with Crippen LogP contribution in [0.15, 0.2) is 90.4 Å². The summed E-state index contributed by atoms with van der Waals surface area (Å²) in [5, 5.41) is 1.88. The van der Waals surface area contributed by atoms with Crippen LogP contribution in [-0.2, 0) is 29.2 Å². The first-order valence-electron chi connectivity index (χ1n) is 13.6. The smallest absolute Gasteiger partial charge is 0.264 e. The first-order valence-corrected chi connectivity index (χ1v) is 14.4. The van der Waals surface area contributed by atoms with Gasteiger partial charge >= 0.3 is 0 Å².